The molecule has 1 aromatic heterocycles. The molecule has 2 fully saturated rings. The van der Waals surface area contributed by atoms with E-state index in [0.29, 0.717) is 68.7 Å². The second-order valence-electron chi connectivity index (χ2n) is 12.4. The van der Waals surface area contributed by atoms with Crippen molar-refractivity contribution in [1.29, 1.82) is 0 Å². The van der Waals surface area contributed by atoms with E-state index >= 15 is 4.39 Å². The molecular weight excluding hydrogens is 675 g/mol. The highest BCUT2D eigenvalue weighted by atomic mass is 19.4. The number of carbonyl (C=O) groups excluding carboxylic acids is 1. The summed E-state index contributed by atoms with van der Waals surface area (Å²) in [4.78, 5) is 17.1. The summed E-state index contributed by atoms with van der Waals surface area (Å²) in [5, 5.41) is 3.63. The van der Waals surface area contributed by atoms with Gasteiger partial charge in [-0.25, -0.2) is 4.39 Å². The fourth-order valence-corrected chi connectivity index (χ4v) is 6.21. The lowest BCUT2D eigenvalue weighted by molar-refractivity contribution is -0.275. The predicted octanol–water partition coefficient (Wildman–Crippen LogP) is 7.62. The second-order valence-corrected chi connectivity index (χ2v) is 12.4. The number of halogens is 7. The van der Waals surface area contributed by atoms with Crippen LogP contribution in [0.2, 0.25) is 0 Å². The third-order valence-corrected chi connectivity index (χ3v) is 8.61. The highest BCUT2D eigenvalue weighted by molar-refractivity contribution is 5.96. The van der Waals surface area contributed by atoms with E-state index in [9.17, 15) is 31.1 Å². The van der Waals surface area contributed by atoms with Crippen molar-refractivity contribution >= 4 is 16.9 Å². The van der Waals surface area contributed by atoms with Crippen LogP contribution >= 0.6 is 0 Å². The van der Waals surface area contributed by atoms with E-state index in [0.717, 1.165) is 11.1 Å². The number of nitrogens with zero attached hydrogens (tertiary/aromatic N) is 2. The summed E-state index contributed by atoms with van der Waals surface area (Å²) in [6, 6.07) is 17.8. The van der Waals surface area contributed by atoms with Gasteiger partial charge in [0.25, 0.3) is 5.91 Å². The first-order valence-corrected chi connectivity index (χ1v) is 16.0. The maximum absolute atomic E-state index is 15.2. The molecule has 0 saturated carbocycles. The average molecular weight is 710 g/mol. The van der Waals surface area contributed by atoms with Gasteiger partial charge in [0.1, 0.15) is 35.1 Å². The Morgan fingerprint density at radius 3 is 1.84 bits per heavy atom. The number of hydrogen-bond donors (Lipinski definition) is 1. The van der Waals surface area contributed by atoms with Crippen molar-refractivity contribution in [3.8, 4) is 17.2 Å². The van der Waals surface area contributed by atoms with Crippen molar-refractivity contribution in [2.24, 2.45) is 0 Å². The molecule has 0 aliphatic carbocycles. The topological polar surface area (TPSA) is 76.4 Å². The van der Waals surface area contributed by atoms with Crippen molar-refractivity contribution in [3.63, 3.8) is 0 Å². The molecule has 1 N–H and O–H groups in total. The van der Waals surface area contributed by atoms with Crippen LogP contribution in [0.5, 0.6) is 17.2 Å². The Bertz CT molecular complexity index is 1740. The Kier molecular flexibility index (Phi) is 10.4. The van der Waals surface area contributed by atoms with Crippen molar-refractivity contribution < 1.29 is 54.2 Å². The van der Waals surface area contributed by atoms with Gasteiger partial charge in [-0.2, -0.15) is 0 Å². The van der Waals surface area contributed by atoms with Gasteiger partial charge in [-0.15, -0.1) is 26.3 Å². The van der Waals surface area contributed by atoms with Crippen molar-refractivity contribution in [3.05, 3.63) is 89.7 Å². The van der Waals surface area contributed by atoms with Crippen LogP contribution in [-0.2, 0) is 13.1 Å². The molecule has 4 aromatic rings. The molecule has 6 rings (SSSR count). The van der Waals surface area contributed by atoms with Gasteiger partial charge in [0.2, 0.25) is 0 Å². The summed E-state index contributed by atoms with van der Waals surface area (Å²) in [6.07, 6.45) is -9.74. The Morgan fingerprint density at radius 1 is 0.740 bits per heavy atom. The largest absolute Gasteiger partial charge is 0.573 e. The highest BCUT2D eigenvalue weighted by Gasteiger charge is 2.33. The molecule has 50 heavy (non-hydrogen) atoms. The number of amides is 1. The monoisotopic (exact) mass is 709 g/mol. The number of furan rings is 1. The maximum atomic E-state index is 15.2. The van der Waals surface area contributed by atoms with E-state index in [2.05, 4.69) is 19.7 Å². The SMILES string of the molecule is O=C(NC1CCN(Cc2ccc(OC(F)(F)F)cc2)CC1)c1cc2cc(OC3CCN(Cc4ccc(OC(F)(F)F)cc4)CC3F)ccc2o1. The van der Waals surface area contributed by atoms with Crippen LogP contribution in [0.4, 0.5) is 30.7 Å². The Hall–Kier alpha value is -4.50. The summed E-state index contributed by atoms with van der Waals surface area (Å²) in [5.41, 5.74) is 2.06. The number of fused-ring (bicyclic) bond motifs is 1. The van der Waals surface area contributed by atoms with E-state index in [-0.39, 0.29) is 35.8 Å². The summed E-state index contributed by atoms with van der Waals surface area (Å²) < 4.78 is 109. The minimum absolute atomic E-state index is 0.0801. The van der Waals surface area contributed by atoms with E-state index in [4.69, 9.17) is 9.15 Å². The van der Waals surface area contributed by atoms with Crippen LogP contribution in [0.25, 0.3) is 11.0 Å². The van der Waals surface area contributed by atoms with Gasteiger partial charge in [-0.1, -0.05) is 24.3 Å². The zero-order valence-electron chi connectivity index (χ0n) is 26.6. The van der Waals surface area contributed by atoms with Crippen LogP contribution in [0.15, 0.2) is 77.2 Å². The smallest absolute Gasteiger partial charge is 0.487 e. The fourth-order valence-electron chi connectivity index (χ4n) is 6.21. The highest BCUT2D eigenvalue weighted by Crippen LogP contribution is 2.29. The van der Waals surface area contributed by atoms with Crippen molar-refractivity contribution in [1.82, 2.24) is 15.1 Å². The number of alkyl halides is 7. The molecule has 268 valence electrons. The molecule has 0 bridgehead atoms. The minimum Gasteiger partial charge on any atom is -0.487 e. The summed E-state index contributed by atoms with van der Waals surface area (Å²) in [6.45, 7) is 2.92. The molecule has 2 unspecified atom stereocenters. The second kappa shape index (κ2) is 14.8. The number of piperidine rings is 2. The molecule has 2 atom stereocenters. The van der Waals surface area contributed by atoms with E-state index in [1.54, 1.807) is 36.4 Å². The maximum Gasteiger partial charge on any atom is 0.573 e. The number of hydrogen-bond acceptors (Lipinski definition) is 7. The van der Waals surface area contributed by atoms with Crippen LogP contribution in [0, 0.1) is 0 Å². The third-order valence-electron chi connectivity index (χ3n) is 8.61. The number of ether oxygens (including phenoxy) is 3. The lowest BCUT2D eigenvalue weighted by Gasteiger charge is -2.34. The molecule has 1 amide bonds. The first kappa shape index (κ1) is 35.3. The molecule has 3 heterocycles. The van der Waals surface area contributed by atoms with Crippen LogP contribution in [-0.4, -0.2) is 72.9 Å². The lowest BCUT2D eigenvalue weighted by Crippen LogP contribution is -2.46. The van der Waals surface area contributed by atoms with Gasteiger partial charge in [-0.3, -0.25) is 14.6 Å². The van der Waals surface area contributed by atoms with Crippen LogP contribution < -0.4 is 19.5 Å². The first-order valence-electron chi connectivity index (χ1n) is 16.0. The molecular formula is C35H34F7N3O5. The average Bonchev–Trinajstić information content (AvgIpc) is 3.48. The molecule has 0 spiro atoms. The Balaban J connectivity index is 0.952. The summed E-state index contributed by atoms with van der Waals surface area (Å²) in [7, 11) is 0. The van der Waals surface area contributed by atoms with E-state index < -0.39 is 25.0 Å². The van der Waals surface area contributed by atoms with Gasteiger partial charge in [0.15, 0.2) is 5.76 Å². The third kappa shape index (κ3) is 9.81. The normalized spacial score (nSPS) is 19.7. The molecule has 0 radical (unpaired) electrons. The lowest BCUT2D eigenvalue weighted by atomic mass is 10.0. The van der Waals surface area contributed by atoms with Crippen LogP contribution in [0.1, 0.15) is 40.9 Å². The van der Waals surface area contributed by atoms with Gasteiger partial charge in [0.05, 0.1) is 0 Å². The van der Waals surface area contributed by atoms with Crippen LogP contribution in [0.3, 0.4) is 0 Å². The Morgan fingerprint density at radius 2 is 1.28 bits per heavy atom. The molecule has 8 nitrogen and oxygen atoms in total. The quantitative estimate of drug-likeness (QED) is 0.170. The van der Waals surface area contributed by atoms with Crippen molar-refractivity contribution in [2.75, 3.05) is 26.2 Å². The minimum atomic E-state index is -4.77. The van der Waals surface area contributed by atoms with Gasteiger partial charge in [0, 0.05) is 50.7 Å². The number of likely N-dealkylation sites (tertiary alicyclic amines) is 2. The number of benzene rings is 3. The molecule has 3 aromatic carbocycles. The zero-order chi connectivity index (χ0) is 35.5. The molecule has 2 saturated heterocycles. The van der Waals surface area contributed by atoms with Crippen molar-refractivity contribution in [2.45, 2.75) is 63.4 Å². The molecule has 2 aliphatic heterocycles. The number of nitrogens with one attached hydrogen (secondary N) is 1. The summed E-state index contributed by atoms with van der Waals surface area (Å²) >= 11 is 0. The standard InChI is InChI=1S/C35H34F7N3O5/c36-29-21-45(20-23-3-7-27(8-4-23)50-35(40,41)42)16-13-31(29)47-28-9-10-30-24(17-28)18-32(48-30)33(46)43-25-11-14-44(15-12-25)19-22-1-5-26(6-2-22)49-34(37,38)39/h1-10,17-18,25,29,31H,11-16,19-21H2,(H,43,46). The first-order chi connectivity index (χ1) is 23.7. The van der Waals surface area contributed by atoms with E-state index in [1.807, 2.05) is 4.90 Å². The summed E-state index contributed by atoms with van der Waals surface area (Å²) in [5.74, 6) is -0.378. The van der Waals surface area contributed by atoms with Gasteiger partial charge >= 0.3 is 12.7 Å². The molecule has 15 heteroatoms. The fraction of sp³-hybridized carbons (Fsp3) is 0.400. The van der Waals surface area contributed by atoms with Gasteiger partial charge in [-0.05, 0) is 78.9 Å². The predicted molar refractivity (Wildman–Crippen MR) is 167 cm³/mol. The number of carbonyl (C=O) groups is 1. The van der Waals surface area contributed by atoms with Gasteiger partial charge < -0.3 is 23.9 Å². The van der Waals surface area contributed by atoms with E-state index in [1.165, 1.54) is 36.4 Å². The zero-order valence-corrected chi connectivity index (χ0v) is 26.6. The Labute approximate surface area is 282 Å². The number of rotatable bonds is 10. The molecule has 2 aliphatic rings.